The van der Waals surface area contributed by atoms with Crippen LogP contribution < -0.4 is 25.2 Å². The minimum Gasteiger partial charge on any atom is -0.494 e. The molecule has 0 bridgehead atoms. The Balaban J connectivity index is 1.98. The Bertz CT molecular complexity index is 1120. The Morgan fingerprint density at radius 2 is 1.85 bits per heavy atom. The summed E-state index contributed by atoms with van der Waals surface area (Å²) in [4.78, 5) is 23.0. The van der Waals surface area contributed by atoms with E-state index in [0.29, 0.717) is 17.7 Å². The molecule has 0 aliphatic heterocycles. The zero-order valence-corrected chi connectivity index (χ0v) is 18.9. The standard InChI is InChI=1S/C21H26N4O7S/c1-13(21(27)28)25-33(29,30)17-6-3-5-16(19(17)31-2)24-18(26)7-4-12-32-15-10-8-14(9-11-15)20(22)23/h3,5-6,8-11,13,25H,4,7,12H2,1-2H3,(H3,22,23)(H,24,26)(H,27,28)/t13-/m0/s1. The van der Waals surface area contributed by atoms with E-state index >= 15 is 0 Å². The van der Waals surface area contributed by atoms with Crippen LogP contribution in [0.1, 0.15) is 25.3 Å². The van der Waals surface area contributed by atoms with E-state index in [1.807, 2.05) is 4.72 Å². The number of amides is 1. The van der Waals surface area contributed by atoms with E-state index in [1.54, 1.807) is 24.3 Å². The van der Waals surface area contributed by atoms with Crippen molar-refractivity contribution in [1.82, 2.24) is 4.72 Å². The molecule has 0 aromatic heterocycles. The first-order chi connectivity index (χ1) is 15.5. The van der Waals surface area contributed by atoms with Gasteiger partial charge in [0.2, 0.25) is 15.9 Å². The number of aliphatic carboxylic acids is 1. The lowest BCUT2D eigenvalue weighted by Crippen LogP contribution is -2.38. The van der Waals surface area contributed by atoms with Crippen LogP contribution in [0.3, 0.4) is 0 Å². The molecule has 0 aliphatic carbocycles. The number of carboxylic acids is 1. The zero-order valence-electron chi connectivity index (χ0n) is 18.1. The second-order valence-corrected chi connectivity index (χ2v) is 8.64. The molecule has 0 saturated heterocycles. The molecule has 11 nitrogen and oxygen atoms in total. The second kappa shape index (κ2) is 11.3. The van der Waals surface area contributed by atoms with Crippen molar-refractivity contribution in [2.75, 3.05) is 19.0 Å². The molecule has 178 valence electrons. The quantitative estimate of drug-likeness (QED) is 0.173. The van der Waals surface area contributed by atoms with Crippen LogP contribution >= 0.6 is 0 Å². The monoisotopic (exact) mass is 478 g/mol. The summed E-state index contributed by atoms with van der Waals surface area (Å²) in [5, 5.41) is 18.9. The fourth-order valence-corrected chi connectivity index (χ4v) is 4.14. The number of benzene rings is 2. The largest absolute Gasteiger partial charge is 0.494 e. The SMILES string of the molecule is COc1c(NC(=O)CCCOc2ccc(C(=N)N)cc2)cccc1S(=O)(=O)N[C@@H](C)C(=O)O. The highest BCUT2D eigenvalue weighted by Crippen LogP contribution is 2.32. The zero-order chi connectivity index (χ0) is 24.6. The predicted octanol–water partition coefficient (Wildman–Crippen LogP) is 1.53. The van der Waals surface area contributed by atoms with Crippen molar-refractivity contribution in [2.45, 2.75) is 30.7 Å². The van der Waals surface area contributed by atoms with Crippen molar-refractivity contribution >= 4 is 33.4 Å². The van der Waals surface area contributed by atoms with Crippen LogP contribution in [0.15, 0.2) is 47.4 Å². The minimum atomic E-state index is -4.21. The lowest BCUT2D eigenvalue weighted by Gasteiger charge is -2.16. The minimum absolute atomic E-state index is 0.0438. The molecule has 2 aromatic rings. The van der Waals surface area contributed by atoms with Crippen molar-refractivity contribution in [3.8, 4) is 11.5 Å². The molecule has 2 rings (SSSR count). The first-order valence-corrected chi connectivity index (χ1v) is 11.3. The smallest absolute Gasteiger partial charge is 0.321 e. The molecule has 6 N–H and O–H groups in total. The van der Waals surface area contributed by atoms with Gasteiger partial charge in [-0.3, -0.25) is 15.0 Å². The molecule has 1 atom stereocenters. The summed E-state index contributed by atoms with van der Waals surface area (Å²) in [7, 11) is -2.97. The van der Waals surface area contributed by atoms with Crippen molar-refractivity contribution in [1.29, 1.82) is 5.41 Å². The van der Waals surface area contributed by atoms with Gasteiger partial charge in [0, 0.05) is 12.0 Å². The number of sulfonamides is 1. The second-order valence-electron chi connectivity index (χ2n) is 6.96. The summed E-state index contributed by atoms with van der Waals surface area (Å²) >= 11 is 0. The van der Waals surface area contributed by atoms with Gasteiger partial charge < -0.3 is 25.6 Å². The molecule has 33 heavy (non-hydrogen) atoms. The number of ether oxygens (including phenoxy) is 2. The summed E-state index contributed by atoms with van der Waals surface area (Å²) in [6.07, 6.45) is 0.484. The molecule has 0 unspecified atom stereocenters. The molecule has 0 heterocycles. The van der Waals surface area contributed by atoms with Gasteiger partial charge in [-0.05, 0) is 49.7 Å². The number of amidine groups is 1. The Labute approximate surface area is 191 Å². The Morgan fingerprint density at radius 1 is 1.18 bits per heavy atom. The van der Waals surface area contributed by atoms with E-state index in [1.165, 1.54) is 32.2 Å². The van der Waals surface area contributed by atoms with Gasteiger partial charge in [-0.15, -0.1) is 0 Å². The van der Waals surface area contributed by atoms with Gasteiger partial charge in [0.15, 0.2) is 5.75 Å². The maximum atomic E-state index is 12.6. The van der Waals surface area contributed by atoms with Gasteiger partial charge in [-0.25, -0.2) is 8.42 Å². The highest BCUT2D eigenvalue weighted by molar-refractivity contribution is 7.89. The van der Waals surface area contributed by atoms with Crippen LogP contribution in [-0.2, 0) is 19.6 Å². The Kier molecular flexibility index (Phi) is 8.77. The van der Waals surface area contributed by atoms with Crippen molar-refractivity contribution in [3.63, 3.8) is 0 Å². The molecule has 0 saturated carbocycles. The van der Waals surface area contributed by atoms with E-state index in [0.717, 1.165) is 0 Å². The third-order valence-corrected chi connectivity index (χ3v) is 6.00. The van der Waals surface area contributed by atoms with Crippen LogP contribution in [0.4, 0.5) is 5.69 Å². The number of carbonyl (C=O) groups is 2. The molecule has 2 aromatic carbocycles. The van der Waals surface area contributed by atoms with Crippen molar-refractivity contribution in [2.24, 2.45) is 5.73 Å². The average molecular weight is 479 g/mol. The third-order valence-electron chi connectivity index (χ3n) is 4.43. The highest BCUT2D eigenvalue weighted by Gasteiger charge is 2.26. The molecular weight excluding hydrogens is 452 g/mol. The number of methoxy groups -OCH3 is 1. The summed E-state index contributed by atoms with van der Waals surface area (Å²) in [6.45, 7) is 1.45. The molecule has 0 radical (unpaired) electrons. The van der Waals surface area contributed by atoms with Gasteiger partial charge in [0.1, 0.15) is 22.5 Å². The number of hydrogen-bond acceptors (Lipinski definition) is 7. The summed E-state index contributed by atoms with van der Waals surface area (Å²) in [5.74, 6) is -1.30. The summed E-state index contributed by atoms with van der Waals surface area (Å²) in [5.41, 5.74) is 6.11. The number of nitrogens with two attached hydrogens (primary N) is 1. The number of rotatable bonds is 12. The van der Waals surface area contributed by atoms with Gasteiger partial charge in [-0.1, -0.05) is 6.07 Å². The first-order valence-electron chi connectivity index (χ1n) is 9.84. The molecule has 0 spiro atoms. The predicted molar refractivity (Wildman–Crippen MR) is 121 cm³/mol. The fraction of sp³-hybridized carbons (Fsp3) is 0.286. The van der Waals surface area contributed by atoms with E-state index < -0.39 is 22.0 Å². The van der Waals surface area contributed by atoms with E-state index in [2.05, 4.69) is 5.32 Å². The number of carbonyl (C=O) groups excluding carboxylic acids is 1. The number of hydrogen-bond donors (Lipinski definition) is 5. The van der Waals surface area contributed by atoms with Gasteiger partial charge >= 0.3 is 5.97 Å². The van der Waals surface area contributed by atoms with Crippen LogP contribution in [-0.4, -0.2) is 51.0 Å². The maximum Gasteiger partial charge on any atom is 0.321 e. The summed E-state index contributed by atoms with van der Waals surface area (Å²) < 4.78 is 37.9. The number of anilines is 1. The van der Waals surface area contributed by atoms with Crippen LogP contribution in [0.25, 0.3) is 0 Å². The lowest BCUT2D eigenvalue weighted by molar-refractivity contribution is -0.138. The van der Waals surface area contributed by atoms with Crippen LogP contribution in [0.5, 0.6) is 11.5 Å². The molecule has 12 heteroatoms. The average Bonchev–Trinajstić information content (AvgIpc) is 2.76. The van der Waals surface area contributed by atoms with Crippen LogP contribution in [0, 0.1) is 5.41 Å². The topological polar surface area (TPSA) is 181 Å². The molecule has 0 aliphatic rings. The molecular formula is C21H26N4O7S. The Hall–Kier alpha value is -3.64. The third kappa shape index (κ3) is 7.19. The molecule has 1 amide bonds. The van der Waals surface area contributed by atoms with E-state index in [9.17, 15) is 18.0 Å². The van der Waals surface area contributed by atoms with E-state index in [-0.39, 0.29) is 41.1 Å². The Morgan fingerprint density at radius 3 is 2.42 bits per heavy atom. The number of para-hydroxylation sites is 1. The first kappa shape index (κ1) is 25.6. The number of carboxylic acid groups (broad SMARTS) is 1. The summed E-state index contributed by atoms with van der Waals surface area (Å²) in [6, 6.07) is 9.44. The van der Waals surface area contributed by atoms with Gasteiger partial charge in [0.05, 0.1) is 19.4 Å². The van der Waals surface area contributed by atoms with Crippen LogP contribution in [0.2, 0.25) is 0 Å². The highest BCUT2D eigenvalue weighted by atomic mass is 32.2. The molecule has 0 fully saturated rings. The normalized spacial score (nSPS) is 11.9. The van der Waals surface area contributed by atoms with Gasteiger partial charge in [-0.2, -0.15) is 4.72 Å². The fourth-order valence-electron chi connectivity index (χ4n) is 2.75. The lowest BCUT2D eigenvalue weighted by atomic mass is 10.2. The number of nitrogen functional groups attached to an aromatic ring is 1. The number of nitrogens with one attached hydrogen (secondary N) is 3. The van der Waals surface area contributed by atoms with Crippen molar-refractivity contribution in [3.05, 3.63) is 48.0 Å². The van der Waals surface area contributed by atoms with E-state index in [4.69, 9.17) is 25.7 Å². The van der Waals surface area contributed by atoms with Crippen molar-refractivity contribution < 1.29 is 32.6 Å². The van der Waals surface area contributed by atoms with Gasteiger partial charge in [0.25, 0.3) is 0 Å². The maximum absolute atomic E-state index is 12.6.